The fraction of sp³-hybridized carbons (Fsp3) is 0.889. The van der Waals surface area contributed by atoms with E-state index in [2.05, 4.69) is 4.74 Å². The Morgan fingerprint density at radius 2 is 1.44 bits per heavy atom. The van der Waals surface area contributed by atoms with Gasteiger partial charge in [0.1, 0.15) is 6.61 Å². The first kappa shape index (κ1) is 17.0. The van der Waals surface area contributed by atoms with E-state index in [0.29, 0.717) is 0 Å². The molecule has 108 valence electrons. The van der Waals surface area contributed by atoms with Crippen molar-refractivity contribution in [1.82, 2.24) is 0 Å². The molecule has 9 heteroatoms. The van der Waals surface area contributed by atoms with Gasteiger partial charge in [-0.3, -0.25) is 4.79 Å². The van der Waals surface area contributed by atoms with Gasteiger partial charge in [-0.2, -0.15) is 26.3 Å². The van der Waals surface area contributed by atoms with Gasteiger partial charge in [-0.15, -0.1) is 0 Å². The molecule has 0 bridgehead atoms. The van der Waals surface area contributed by atoms with Crippen LogP contribution in [0.4, 0.5) is 30.7 Å². The highest BCUT2D eigenvalue weighted by Gasteiger charge is 2.73. The van der Waals surface area contributed by atoms with Crippen LogP contribution in [0.25, 0.3) is 0 Å². The van der Waals surface area contributed by atoms with Gasteiger partial charge in [0.25, 0.3) is 0 Å². The summed E-state index contributed by atoms with van der Waals surface area (Å²) in [5, 5.41) is 0. The molecule has 0 aliphatic heterocycles. The topological polar surface area (TPSA) is 26.3 Å². The maximum absolute atomic E-state index is 13.0. The van der Waals surface area contributed by atoms with Gasteiger partial charge in [0.2, 0.25) is 0 Å². The second-order valence-corrected chi connectivity index (χ2v) is 3.71. The number of rotatable bonds is 4. The van der Waals surface area contributed by atoms with Crippen LogP contribution in [0.5, 0.6) is 0 Å². The molecule has 0 spiro atoms. The third-order valence-electron chi connectivity index (χ3n) is 2.33. The number of halogens is 7. The lowest BCUT2D eigenvalue weighted by Crippen LogP contribution is -2.56. The fourth-order valence-corrected chi connectivity index (χ4v) is 0.804. The molecule has 0 N–H and O–H groups in total. The molecule has 0 saturated heterocycles. The average Bonchev–Trinajstić information content (AvgIpc) is 2.20. The SMILES string of the molecule is CCC(C)C(=O)OCC(F)(C(F)(F)F)C(F)(F)F. The number of carbonyl (C=O) groups excluding carboxylic acids is 1. The first-order chi connectivity index (χ1) is 7.87. The lowest BCUT2D eigenvalue weighted by atomic mass is 10.1. The van der Waals surface area contributed by atoms with E-state index in [9.17, 15) is 35.5 Å². The van der Waals surface area contributed by atoms with Crippen LogP contribution in [0.1, 0.15) is 20.3 Å². The molecule has 0 rings (SSSR count). The van der Waals surface area contributed by atoms with Crippen molar-refractivity contribution in [3.63, 3.8) is 0 Å². The Labute approximate surface area is 98.1 Å². The lowest BCUT2D eigenvalue weighted by molar-refractivity contribution is -0.349. The quantitative estimate of drug-likeness (QED) is 0.584. The van der Waals surface area contributed by atoms with Crippen molar-refractivity contribution in [1.29, 1.82) is 0 Å². The number of ether oxygens (including phenoxy) is 1. The first-order valence-corrected chi connectivity index (χ1v) is 4.85. The minimum absolute atomic E-state index is 0.149. The summed E-state index contributed by atoms with van der Waals surface area (Å²) in [6.07, 6.45) is -12.3. The van der Waals surface area contributed by atoms with Crippen LogP contribution in [-0.4, -0.2) is 30.6 Å². The minimum Gasteiger partial charge on any atom is -0.461 e. The van der Waals surface area contributed by atoms with Gasteiger partial charge in [-0.1, -0.05) is 13.8 Å². The second-order valence-electron chi connectivity index (χ2n) is 3.71. The molecule has 1 atom stereocenters. The van der Waals surface area contributed by atoms with Gasteiger partial charge in [0.15, 0.2) is 0 Å². The summed E-state index contributed by atoms with van der Waals surface area (Å²) in [7, 11) is 0. The summed E-state index contributed by atoms with van der Waals surface area (Å²) < 4.78 is 89.0. The van der Waals surface area contributed by atoms with Crippen molar-refractivity contribution in [2.24, 2.45) is 5.92 Å². The van der Waals surface area contributed by atoms with Crippen molar-refractivity contribution in [3.8, 4) is 0 Å². The fourth-order valence-electron chi connectivity index (χ4n) is 0.804. The molecule has 0 radical (unpaired) electrons. The summed E-state index contributed by atoms with van der Waals surface area (Å²) in [5.41, 5.74) is -5.55. The van der Waals surface area contributed by atoms with Crippen LogP contribution in [0, 0.1) is 5.92 Å². The summed E-state index contributed by atoms with van der Waals surface area (Å²) in [4.78, 5) is 11.0. The number of hydrogen-bond acceptors (Lipinski definition) is 2. The summed E-state index contributed by atoms with van der Waals surface area (Å²) >= 11 is 0. The Hall–Kier alpha value is -1.02. The van der Waals surface area contributed by atoms with E-state index in [1.165, 1.54) is 13.8 Å². The third kappa shape index (κ3) is 3.49. The maximum atomic E-state index is 13.0. The van der Waals surface area contributed by atoms with Crippen LogP contribution in [0.2, 0.25) is 0 Å². The monoisotopic (exact) mass is 284 g/mol. The van der Waals surface area contributed by atoms with Crippen LogP contribution < -0.4 is 0 Å². The van der Waals surface area contributed by atoms with Gasteiger partial charge in [0.05, 0.1) is 5.92 Å². The Morgan fingerprint density at radius 1 is 1.06 bits per heavy atom. The van der Waals surface area contributed by atoms with Gasteiger partial charge in [-0.25, -0.2) is 4.39 Å². The summed E-state index contributed by atoms with van der Waals surface area (Å²) in [6.45, 7) is 0.286. The Balaban J connectivity index is 4.92. The molecule has 0 aromatic carbocycles. The molecule has 0 aromatic rings. The van der Waals surface area contributed by atoms with Crippen molar-refractivity contribution < 1.29 is 40.3 Å². The second kappa shape index (κ2) is 5.31. The minimum atomic E-state index is -6.21. The van der Waals surface area contributed by atoms with Crippen LogP contribution in [0.15, 0.2) is 0 Å². The van der Waals surface area contributed by atoms with E-state index < -0.39 is 36.5 Å². The third-order valence-corrected chi connectivity index (χ3v) is 2.33. The van der Waals surface area contributed by atoms with Gasteiger partial charge in [-0.05, 0) is 6.42 Å². The zero-order chi connectivity index (χ0) is 14.8. The largest absolute Gasteiger partial charge is 0.461 e. The highest BCUT2D eigenvalue weighted by atomic mass is 19.4. The number of carbonyl (C=O) groups is 1. The van der Waals surface area contributed by atoms with Crippen molar-refractivity contribution in [3.05, 3.63) is 0 Å². The summed E-state index contributed by atoms with van der Waals surface area (Å²) in [5.74, 6) is -2.22. The zero-order valence-corrected chi connectivity index (χ0v) is 9.45. The molecule has 0 amide bonds. The van der Waals surface area contributed by atoms with Crippen LogP contribution in [-0.2, 0) is 9.53 Å². The predicted octanol–water partition coefficient (Wildman–Crippen LogP) is 3.41. The van der Waals surface area contributed by atoms with E-state index in [0.717, 1.165) is 0 Å². The van der Waals surface area contributed by atoms with E-state index in [4.69, 9.17) is 0 Å². The predicted molar refractivity (Wildman–Crippen MR) is 46.4 cm³/mol. The Bertz CT molecular complexity index is 280. The van der Waals surface area contributed by atoms with E-state index in [1.54, 1.807) is 0 Å². The molecular weight excluding hydrogens is 273 g/mol. The highest BCUT2D eigenvalue weighted by molar-refractivity contribution is 5.71. The highest BCUT2D eigenvalue weighted by Crippen LogP contribution is 2.46. The number of esters is 1. The van der Waals surface area contributed by atoms with Crippen molar-refractivity contribution >= 4 is 5.97 Å². The Kier molecular flexibility index (Phi) is 5.01. The molecule has 0 heterocycles. The van der Waals surface area contributed by atoms with E-state index in [1.807, 2.05) is 0 Å². The van der Waals surface area contributed by atoms with Crippen molar-refractivity contribution in [2.45, 2.75) is 38.3 Å². The molecule has 0 aliphatic rings. The molecule has 0 aromatic heterocycles. The van der Waals surface area contributed by atoms with E-state index >= 15 is 0 Å². The summed E-state index contributed by atoms with van der Waals surface area (Å²) in [6, 6.07) is 0. The molecule has 0 aliphatic carbocycles. The van der Waals surface area contributed by atoms with Crippen molar-refractivity contribution in [2.75, 3.05) is 6.61 Å². The molecule has 1 unspecified atom stereocenters. The average molecular weight is 284 g/mol. The molecular formula is C9H11F7O2. The Morgan fingerprint density at radius 3 is 1.72 bits per heavy atom. The van der Waals surface area contributed by atoms with Gasteiger partial charge >= 0.3 is 24.0 Å². The van der Waals surface area contributed by atoms with Gasteiger partial charge in [0, 0.05) is 0 Å². The van der Waals surface area contributed by atoms with E-state index in [-0.39, 0.29) is 6.42 Å². The van der Waals surface area contributed by atoms with Crippen LogP contribution >= 0.6 is 0 Å². The number of alkyl halides is 7. The van der Waals surface area contributed by atoms with Gasteiger partial charge < -0.3 is 4.74 Å². The van der Waals surface area contributed by atoms with Crippen LogP contribution in [0.3, 0.4) is 0 Å². The lowest BCUT2D eigenvalue weighted by Gasteiger charge is -2.29. The molecule has 0 saturated carbocycles. The maximum Gasteiger partial charge on any atom is 0.435 e. The molecule has 18 heavy (non-hydrogen) atoms. The first-order valence-electron chi connectivity index (χ1n) is 4.85. The number of hydrogen-bond donors (Lipinski definition) is 0. The molecule has 2 nitrogen and oxygen atoms in total. The smallest absolute Gasteiger partial charge is 0.435 e. The molecule has 0 fully saturated rings. The normalized spacial score (nSPS) is 15.4. The standard InChI is InChI=1S/C9H11F7O2/c1-3-5(2)6(17)18-4-7(10,8(11,12)13)9(14,15)16/h5H,3-4H2,1-2H3. The zero-order valence-electron chi connectivity index (χ0n) is 9.45.